The predicted molar refractivity (Wildman–Crippen MR) is 89.1 cm³/mol. The third kappa shape index (κ3) is 3.88. The molecule has 1 saturated carbocycles. The van der Waals surface area contributed by atoms with Crippen molar-refractivity contribution in [3.8, 4) is 0 Å². The van der Waals surface area contributed by atoms with Crippen LogP contribution in [0.15, 0.2) is 0 Å². The molecule has 2 N–H and O–H groups in total. The van der Waals surface area contributed by atoms with E-state index in [9.17, 15) is 14.4 Å². The minimum absolute atomic E-state index is 0.000421. The molecule has 0 aromatic carbocycles. The summed E-state index contributed by atoms with van der Waals surface area (Å²) in [5.41, 5.74) is 0. The SMILES string of the molecule is CCCN1C[C@@H]2C[C@H](NC(C)=O)CN2C(=O)[C@@H](NC(=O)C2CC2)C1. The van der Waals surface area contributed by atoms with Crippen LogP contribution in [0.3, 0.4) is 0 Å². The first kappa shape index (κ1) is 17.2. The Kier molecular flexibility index (Phi) is 5.08. The van der Waals surface area contributed by atoms with Crippen LogP contribution in [0.4, 0.5) is 0 Å². The smallest absolute Gasteiger partial charge is 0.246 e. The summed E-state index contributed by atoms with van der Waals surface area (Å²) in [6.45, 7) is 6.48. The fourth-order valence-electron chi connectivity index (χ4n) is 3.90. The zero-order valence-electron chi connectivity index (χ0n) is 14.6. The molecule has 0 radical (unpaired) electrons. The van der Waals surface area contributed by atoms with Crippen molar-refractivity contribution in [1.29, 1.82) is 0 Å². The first-order valence-corrected chi connectivity index (χ1v) is 9.08. The van der Waals surface area contributed by atoms with Gasteiger partial charge in [-0.15, -0.1) is 0 Å². The third-order valence-electron chi connectivity index (χ3n) is 5.12. The van der Waals surface area contributed by atoms with Gasteiger partial charge in [0.25, 0.3) is 0 Å². The van der Waals surface area contributed by atoms with E-state index in [1.165, 1.54) is 6.92 Å². The van der Waals surface area contributed by atoms with Crippen molar-refractivity contribution < 1.29 is 14.4 Å². The van der Waals surface area contributed by atoms with Gasteiger partial charge in [0.05, 0.1) is 0 Å². The fraction of sp³-hybridized carbons (Fsp3) is 0.824. The van der Waals surface area contributed by atoms with Gasteiger partial charge < -0.3 is 15.5 Å². The van der Waals surface area contributed by atoms with Gasteiger partial charge in [0.2, 0.25) is 17.7 Å². The molecule has 7 nitrogen and oxygen atoms in total. The van der Waals surface area contributed by atoms with Crippen LogP contribution in [-0.4, -0.2) is 71.8 Å². The Bertz CT molecular complexity index is 520. The van der Waals surface area contributed by atoms with Gasteiger partial charge in [-0.25, -0.2) is 0 Å². The van der Waals surface area contributed by atoms with Gasteiger partial charge in [0, 0.05) is 44.6 Å². The van der Waals surface area contributed by atoms with E-state index in [1.807, 2.05) is 4.90 Å². The quantitative estimate of drug-likeness (QED) is 0.723. The van der Waals surface area contributed by atoms with E-state index in [1.54, 1.807) is 0 Å². The number of carbonyl (C=O) groups is 3. The topological polar surface area (TPSA) is 81.8 Å². The van der Waals surface area contributed by atoms with E-state index < -0.39 is 6.04 Å². The summed E-state index contributed by atoms with van der Waals surface area (Å²) < 4.78 is 0. The summed E-state index contributed by atoms with van der Waals surface area (Å²) in [5, 5.41) is 5.90. The van der Waals surface area contributed by atoms with E-state index >= 15 is 0 Å². The van der Waals surface area contributed by atoms with Gasteiger partial charge in [-0.3, -0.25) is 19.3 Å². The summed E-state index contributed by atoms with van der Waals surface area (Å²) in [4.78, 5) is 40.6. The van der Waals surface area contributed by atoms with E-state index in [4.69, 9.17) is 0 Å². The Balaban J connectivity index is 1.72. The number of amides is 3. The molecule has 134 valence electrons. The molecule has 0 unspecified atom stereocenters. The normalized spacial score (nSPS) is 30.7. The molecule has 3 rings (SSSR count). The fourth-order valence-corrected chi connectivity index (χ4v) is 3.90. The highest BCUT2D eigenvalue weighted by molar-refractivity contribution is 5.90. The number of fused-ring (bicyclic) bond motifs is 1. The standard InChI is InChI=1S/C17H28N4O3/c1-3-6-20-9-14-7-13(18-11(2)22)8-21(14)17(24)15(10-20)19-16(23)12-4-5-12/h12-15H,3-10H2,1-2H3,(H,18,22)(H,19,23)/t13-,14-,15-/m0/s1. The molecule has 3 aliphatic rings. The molecule has 3 atom stereocenters. The van der Waals surface area contributed by atoms with Gasteiger partial charge in [-0.2, -0.15) is 0 Å². The van der Waals surface area contributed by atoms with Gasteiger partial charge in [0.15, 0.2) is 0 Å². The number of nitrogens with one attached hydrogen (secondary N) is 2. The van der Waals surface area contributed by atoms with Crippen LogP contribution in [0.5, 0.6) is 0 Å². The van der Waals surface area contributed by atoms with Crippen LogP contribution in [0, 0.1) is 5.92 Å². The minimum Gasteiger partial charge on any atom is -0.352 e. The summed E-state index contributed by atoms with van der Waals surface area (Å²) >= 11 is 0. The molecule has 3 fully saturated rings. The van der Waals surface area contributed by atoms with Crippen molar-refractivity contribution in [3.63, 3.8) is 0 Å². The molecule has 1 aliphatic carbocycles. The van der Waals surface area contributed by atoms with Crippen LogP contribution in [0.1, 0.15) is 39.5 Å². The lowest BCUT2D eigenvalue weighted by molar-refractivity contribution is -0.136. The molecule has 2 saturated heterocycles. The second-order valence-electron chi connectivity index (χ2n) is 7.37. The van der Waals surface area contributed by atoms with Crippen LogP contribution >= 0.6 is 0 Å². The Morgan fingerprint density at radius 1 is 1.17 bits per heavy atom. The molecular weight excluding hydrogens is 308 g/mol. The average Bonchev–Trinajstić information content (AvgIpc) is 3.29. The number of carbonyl (C=O) groups excluding carboxylic acids is 3. The third-order valence-corrected chi connectivity index (χ3v) is 5.12. The van der Waals surface area contributed by atoms with Crippen LogP contribution < -0.4 is 10.6 Å². The van der Waals surface area contributed by atoms with Crippen LogP contribution in [-0.2, 0) is 14.4 Å². The number of nitrogens with zero attached hydrogens (tertiary/aromatic N) is 2. The molecule has 7 heteroatoms. The van der Waals surface area contributed by atoms with E-state index in [0.29, 0.717) is 13.1 Å². The highest BCUT2D eigenvalue weighted by atomic mass is 16.2. The molecule has 0 spiro atoms. The van der Waals surface area contributed by atoms with E-state index in [-0.39, 0.29) is 35.7 Å². The van der Waals surface area contributed by atoms with Crippen molar-refractivity contribution >= 4 is 17.7 Å². The second kappa shape index (κ2) is 7.09. The zero-order valence-corrected chi connectivity index (χ0v) is 14.6. The second-order valence-corrected chi connectivity index (χ2v) is 7.37. The van der Waals surface area contributed by atoms with Crippen LogP contribution in [0.2, 0.25) is 0 Å². The maximum atomic E-state index is 13.0. The summed E-state index contributed by atoms with van der Waals surface area (Å²) in [5.74, 6) is 0.0533. The molecule has 0 bridgehead atoms. The predicted octanol–water partition coefficient (Wildman–Crippen LogP) is -0.288. The number of hydrogen-bond acceptors (Lipinski definition) is 4. The molecular formula is C17H28N4O3. The highest BCUT2D eigenvalue weighted by Gasteiger charge is 2.43. The molecule has 0 aromatic heterocycles. The lowest BCUT2D eigenvalue weighted by atomic mass is 10.1. The molecule has 24 heavy (non-hydrogen) atoms. The lowest BCUT2D eigenvalue weighted by Gasteiger charge is -2.24. The first-order chi connectivity index (χ1) is 11.5. The monoisotopic (exact) mass is 336 g/mol. The maximum Gasteiger partial charge on any atom is 0.246 e. The Morgan fingerprint density at radius 3 is 2.54 bits per heavy atom. The number of hydrogen-bond donors (Lipinski definition) is 2. The van der Waals surface area contributed by atoms with Gasteiger partial charge in [-0.05, 0) is 32.2 Å². The molecule has 3 amide bonds. The average molecular weight is 336 g/mol. The highest BCUT2D eigenvalue weighted by Crippen LogP contribution is 2.29. The first-order valence-electron chi connectivity index (χ1n) is 9.08. The molecule has 2 heterocycles. The molecule has 0 aromatic rings. The van der Waals surface area contributed by atoms with Crippen molar-refractivity contribution in [1.82, 2.24) is 20.4 Å². The Morgan fingerprint density at radius 2 is 1.92 bits per heavy atom. The van der Waals surface area contributed by atoms with E-state index in [2.05, 4.69) is 22.5 Å². The van der Waals surface area contributed by atoms with Crippen LogP contribution in [0.25, 0.3) is 0 Å². The Labute approximate surface area is 143 Å². The van der Waals surface area contributed by atoms with Crippen molar-refractivity contribution in [2.24, 2.45) is 5.92 Å². The largest absolute Gasteiger partial charge is 0.352 e. The Hall–Kier alpha value is -1.63. The lowest BCUT2D eigenvalue weighted by Crippen LogP contribution is -2.52. The maximum absolute atomic E-state index is 13.0. The minimum atomic E-state index is -0.467. The molecule has 2 aliphatic heterocycles. The van der Waals surface area contributed by atoms with E-state index in [0.717, 1.165) is 38.8 Å². The zero-order chi connectivity index (χ0) is 17.3. The van der Waals surface area contributed by atoms with Crippen molar-refractivity contribution in [2.45, 2.75) is 57.7 Å². The van der Waals surface area contributed by atoms with Crippen molar-refractivity contribution in [2.75, 3.05) is 26.2 Å². The van der Waals surface area contributed by atoms with Gasteiger partial charge in [0.1, 0.15) is 6.04 Å². The van der Waals surface area contributed by atoms with Crippen molar-refractivity contribution in [3.05, 3.63) is 0 Å². The summed E-state index contributed by atoms with van der Waals surface area (Å²) in [6, 6.07) is -0.340. The summed E-state index contributed by atoms with van der Waals surface area (Å²) in [7, 11) is 0. The summed E-state index contributed by atoms with van der Waals surface area (Å²) in [6.07, 6.45) is 3.67. The van der Waals surface area contributed by atoms with Gasteiger partial charge >= 0.3 is 0 Å². The van der Waals surface area contributed by atoms with Gasteiger partial charge in [-0.1, -0.05) is 6.92 Å². The number of rotatable bonds is 5.